The first-order chi connectivity index (χ1) is 10.3. The van der Waals surface area contributed by atoms with Crippen LogP contribution in [0, 0.1) is 0 Å². The van der Waals surface area contributed by atoms with Crippen LogP contribution in [0.4, 0.5) is 5.69 Å². The van der Waals surface area contributed by atoms with Crippen molar-refractivity contribution >= 4 is 60.5 Å². The standard InChI is InChI=1S/C13H8Cl2N2O3S2/c14-7-1-3-10(9(15)5-7)17-22(19,20)8-2-4-11-12(6-8)21-13(18)16-11/h1-6,17H,(H,16,18). The van der Waals surface area contributed by atoms with Crippen LogP contribution in [0.25, 0.3) is 10.2 Å². The van der Waals surface area contributed by atoms with Gasteiger partial charge in [-0.1, -0.05) is 34.5 Å². The SMILES string of the molecule is O=c1[nH]c2ccc(S(=O)(=O)Nc3ccc(Cl)cc3Cl)cc2s1. The molecule has 5 nitrogen and oxygen atoms in total. The molecule has 0 saturated heterocycles. The zero-order chi connectivity index (χ0) is 15.9. The molecule has 0 aliphatic rings. The van der Waals surface area contributed by atoms with E-state index >= 15 is 0 Å². The van der Waals surface area contributed by atoms with Gasteiger partial charge < -0.3 is 4.98 Å². The second-order valence-electron chi connectivity index (χ2n) is 4.40. The summed E-state index contributed by atoms with van der Waals surface area (Å²) in [6, 6.07) is 8.86. The highest BCUT2D eigenvalue weighted by molar-refractivity contribution is 7.92. The zero-order valence-electron chi connectivity index (χ0n) is 10.8. The minimum atomic E-state index is -3.82. The first-order valence-electron chi connectivity index (χ1n) is 5.96. The molecular formula is C13H8Cl2N2O3S2. The van der Waals surface area contributed by atoms with E-state index < -0.39 is 10.0 Å². The number of aromatic nitrogens is 1. The molecule has 3 rings (SSSR count). The van der Waals surface area contributed by atoms with E-state index in [4.69, 9.17) is 23.2 Å². The fourth-order valence-corrected chi connectivity index (χ4v) is 4.34. The van der Waals surface area contributed by atoms with Crippen molar-refractivity contribution in [2.45, 2.75) is 4.90 Å². The zero-order valence-corrected chi connectivity index (χ0v) is 13.9. The molecule has 0 aliphatic carbocycles. The Labute approximate surface area is 139 Å². The molecule has 3 aromatic rings. The molecule has 1 aromatic heterocycles. The second-order valence-corrected chi connectivity index (χ2v) is 7.94. The number of H-pyrrole nitrogens is 1. The molecule has 114 valence electrons. The van der Waals surface area contributed by atoms with Crippen molar-refractivity contribution in [2.75, 3.05) is 4.72 Å². The Morgan fingerprint density at radius 2 is 1.86 bits per heavy atom. The Balaban J connectivity index is 2.01. The summed E-state index contributed by atoms with van der Waals surface area (Å²) in [6.07, 6.45) is 0. The van der Waals surface area contributed by atoms with Crippen LogP contribution in [-0.4, -0.2) is 13.4 Å². The van der Waals surface area contributed by atoms with Gasteiger partial charge in [-0.2, -0.15) is 0 Å². The third kappa shape index (κ3) is 2.98. The van der Waals surface area contributed by atoms with Gasteiger partial charge in [0, 0.05) is 5.02 Å². The van der Waals surface area contributed by atoms with Crippen molar-refractivity contribution in [3.05, 3.63) is 56.1 Å². The summed E-state index contributed by atoms with van der Waals surface area (Å²) >= 11 is 12.7. The Morgan fingerprint density at radius 3 is 2.59 bits per heavy atom. The van der Waals surface area contributed by atoms with Gasteiger partial charge in [-0.25, -0.2) is 8.42 Å². The summed E-state index contributed by atoms with van der Waals surface area (Å²) < 4.78 is 27.8. The number of fused-ring (bicyclic) bond motifs is 1. The number of thiazole rings is 1. The van der Waals surface area contributed by atoms with Gasteiger partial charge in [0.1, 0.15) is 0 Å². The van der Waals surface area contributed by atoms with E-state index in [1.54, 1.807) is 6.07 Å². The molecule has 22 heavy (non-hydrogen) atoms. The second kappa shape index (κ2) is 5.58. The van der Waals surface area contributed by atoms with Gasteiger partial charge in [0.25, 0.3) is 10.0 Å². The molecule has 0 unspecified atom stereocenters. The number of nitrogens with one attached hydrogen (secondary N) is 2. The maximum atomic E-state index is 12.4. The molecule has 0 aliphatic heterocycles. The predicted molar refractivity (Wildman–Crippen MR) is 89.7 cm³/mol. The molecule has 0 amide bonds. The van der Waals surface area contributed by atoms with E-state index in [1.165, 1.54) is 30.3 Å². The van der Waals surface area contributed by atoms with Gasteiger partial charge in [-0.15, -0.1) is 0 Å². The van der Waals surface area contributed by atoms with Crippen LogP contribution in [-0.2, 0) is 10.0 Å². The van der Waals surface area contributed by atoms with Crippen molar-refractivity contribution in [3.63, 3.8) is 0 Å². The fraction of sp³-hybridized carbons (Fsp3) is 0. The maximum Gasteiger partial charge on any atom is 0.305 e. The van der Waals surface area contributed by atoms with E-state index in [0.717, 1.165) is 11.3 Å². The average molecular weight is 375 g/mol. The topological polar surface area (TPSA) is 79.0 Å². The highest BCUT2D eigenvalue weighted by Crippen LogP contribution is 2.28. The lowest BCUT2D eigenvalue weighted by Crippen LogP contribution is -2.13. The molecule has 0 saturated carbocycles. The summed E-state index contributed by atoms with van der Waals surface area (Å²) in [5, 5.41) is 0.606. The van der Waals surface area contributed by atoms with Crippen LogP contribution >= 0.6 is 34.5 Å². The number of hydrogen-bond acceptors (Lipinski definition) is 4. The van der Waals surface area contributed by atoms with E-state index in [0.29, 0.717) is 15.2 Å². The molecule has 2 N–H and O–H groups in total. The maximum absolute atomic E-state index is 12.4. The minimum absolute atomic E-state index is 0.0428. The Kier molecular flexibility index (Phi) is 3.90. The number of hydrogen-bond donors (Lipinski definition) is 2. The highest BCUT2D eigenvalue weighted by atomic mass is 35.5. The summed E-state index contributed by atoms with van der Waals surface area (Å²) in [5.74, 6) is 0. The summed E-state index contributed by atoms with van der Waals surface area (Å²) in [5.41, 5.74) is 0.826. The Bertz CT molecular complexity index is 1030. The van der Waals surface area contributed by atoms with E-state index in [1.807, 2.05) is 0 Å². The number of rotatable bonds is 3. The van der Waals surface area contributed by atoms with E-state index in [-0.39, 0.29) is 20.5 Å². The van der Waals surface area contributed by atoms with Crippen LogP contribution in [0.1, 0.15) is 0 Å². The van der Waals surface area contributed by atoms with Crippen molar-refractivity contribution in [1.82, 2.24) is 4.98 Å². The van der Waals surface area contributed by atoms with Gasteiger partial charge in [-0.3, -0.25) is 9.52 Å². The van der Waals surface area contributed by atoms with Crippen molar-refractivity contribution in [1.29, 1.82) is 0 Å². The molecular weight excluding hydrogens is 367 g/mol. The molecule has 0 bridgehead atoms. The van der Waals surface area contributed by atoms with Crippen LogP contribution in [0.2, 0.25) is 10.0 Å². The third-order valence-corrected chi connectivity index (χ3v) is 5.63. The highest BCUT2D eigenvalue weighted by Gasteiger charge is 2.17. The molecule has 0 spiro atoms. The number of anilines is 1. The lowest BCUT2D eigenvalue weighted by atomic mass is 10.3. The quantitative estimate of drug-likeness (QED) is 0.733. The van der Waals surface area contributed by atoms with Crippen molar-refractivity contribution in [2.24, 2.45) is 0 Å². The largest absolute Gasteiger partial charge is 0.312 e. The van der Waals surface area contributed by atoms with E-state index in [2.05, 4.69) is 9.71 Å². The molecule has 9 heteroatoms. The molecule has 0 atom stereocenters. The normalized spacial score (nSPS) is 11.7. The Morgan fingerprint density at radius 1 is 1.09 bits per heavy atom. The smallest absolute Gasteiger partial charge is 0.305 e. The van der Waals surface area contributed by atoms with Gasteiger partial charge in [-0.05, 0) is 36.4 Å². The fourth-order valence-electron chi connectivity index (χ4n) is 1.87. The number of sulfonamides is 1. The average Bonchev–Trinajstić information content (AvgIpc) is 2.81. The Hall–Kier alpha value is -1.54. The lowest BCUT2D eigenvalue weighted by Gasteiger charge is -2.09. The van der Waals surface area contributed by atoms with Gasteiger partial charge in [0.2, 0.25) is 0 Å². The number of halogens is 2. The molecule has 1 heterocycles. The molecule has 2 aromatic carbocycles. The monoisotopic (exact) mass is 374 g/mol. The first-order valence-corrected chi connectivity index (χ1v) is 9.01. The van der Waals surface area contributed by atoms with Crippen LogP contribution in [0.5, 0.6) is 0 Å². The van der Waals surface area contributed by atoms with E-state index in [9.17, 15) is 13.2 Å². The summed E-state index contributed by atoms with van der Waals surface area (Å²) in [7, 11) is -3.82. The van der Waals surface area contributed by atoms with Gasteiger partial charge in [0.05, 0.1) is 25.8 Å². The van der Waals surface area contributed by atoms with Gasteiger partial charge >= 0.3 is 4.87 Å². The number of benzene rings is 2. The lowest BCUT2D eigenvalue weighted by molar-refractivity contribution is 0.601. The number of aromatic amines is 1. The third-order valence-electron chi connectivity index (χ3n) is 2.88. The summed E-state index contributed by atoms with van der Waals surface area (Å²) in [6.45, 7) is 0. The molecule has 0 radical (unpaired) electrons. The van der Waals surface area contributed by atoms with Crippen LogP contribution in [0.15, 0.2) is 46.1 Å². The van der Waals surface area contributed by atoms with Gasteiger partial charge in [0.15, 0.2) is 0 Å². The predicted octanol–water partition coefficient (Wildman–Crippen LogP) is 3.70. The minimum Gasteiger partial charge on any atom is -0.312 e. The first kappa shape index (κ1) is 15.4. The van der Waals surface area contributed by atoms with Crippen LogP contribution < -0.4 is 9.60 Å². The van der Waals surface area contributed by atoms with Crippen molar-refractivity contribution < 1.29 is 8.42 Å². The summed E-state index contributed by atoms with van der Waals surface area (Å²) in [4.78, 5) is 13.7. The van der Waals surface area contributed by atoms with Crippen molar-refractivity contribution in [3.8, 4) is 0 Å². The molecule has 0 fully saturated rings. The van der Waals surface area contributed by atoms with Crippen LogP contribution in [0.3, 0.4) is 0 Å².